The maximum atomic E-state index is 13.0. The van der Waals surface area contributed by atoms with E-state index in [1.54, 1.807) is 12.3 Å². The van der Waals surface area contributed by atoms with Gasteiger partial charge in [0.2, 0.25) is 11.9 Å². The summed E-state index contributed by atoms with van der Waals surface area (Å²) in [4.78, 5) is 28.2. The number of benzene rings is 1. The van der Waals surface area contributed by atoms with Crippen LogP contribution in [0.5, 0.6) is 0 Å². The van der Waals surface area contributed by atoms with Crippen molar-refractivity contribution in [2.45, 2.75) is 6.42 Å². The van der Waals surface area contributed by atoms with Gasteiger partial charge in [-0.1, -0.05) is 23.7 Å². The van der Waals surface area contributed by atoms with E-state index in [0.29, 0.717) is 29.1 Å². The molecule has 0 bridgehead atoms. The molecule has 3 heterocycles. The van der Waals surface area contributed by atoms with Gasteiger partial charge in [-0.05, 0) is 37.9 Å². The molecular formula is C21H27ClN6O. The predicted octanol–water partition coefficient (Wildman–Crippen LogP) is 1.78. The second kappa shape index (κ2) is 7.80. The van der Waals surface area contributed by atoms with Crippen molar-refractivity contribution in [3.05, 3.63) is 47.1 Å². The van der Waals surface area contributed by atoms with E-state index in [2.05, 4.69) is 33.9 Å². The number of nitrogens with two attached hydrogens (primary N) is 1. The van der Waals surface area contributed by atoms with Crippen LogP contribution in [0.1, 0.15) is 5.56 Å². The molecule has 2 N–H and O–H groups in total. The number of carbonyl (C=O) groups is 1. The number of amides is 1. The van der Waals surface area contributed by atoms with Gasteiger partial charge in [-0.25, -0.2) is 4.98 Å². The quantitative estimate of drug-likeness (QED) is 0.803. The fraction of sp³-hybridized carbons (Fsp3) is 0.476. The largest absolute Gasteiger partial charge is 0.384 e. The molecule has 2 saturated heterocycles. The second-order valence-electron chi connectivity index (χ2n) is 8.54. The summed E-state index contributed by atoms with van der Waals surface area (Å²) in [6.45, 7) is 4.09. The van der Waals surface area contributed by atoms with Gasteiger partial charge in [-0.3, -0.25) is 4.79 Å². The molecule has 0 aliphatic carbocycles. The van der Waals surface area contributed by atoms with Crippen molar-refractivity contribution in [3.8, 4) is 0 Å². The Morgan fingerprint density at radius 3 is 2.69 bits per heavy atom. The van der Waals surface area contributed by atoms with Crippen LogP contribution in [-0.2, 0) is 11.2 Å². The van der Waals surface area contributed by atoms with Gasteiger partial charge in [0, 0.05) is 55.3 Å². The van der Waals surface area contributed by atoms with Crippen LogP contribution in [0.15, 0.2) is 36.5 Å². The standard InChI is InChI=1S/C21H27ClN6O/c1-26(2)12-21-13-27(19(29)9-15-3-5-17(22)6-4-15)10-16(21)11-28(14-21)20-24-8-7-18(23)25-20/h3-8,16H,9-14H2,1-2H3,(H2,23,24,25)/t16-,21+/m1/s1. The maximum absolute atomic E-state index is 13.0. The molecule has 1 amide bonds. The smallest absolute Gasteiger partial charge is 0.227 e. The Balaban J connectivity index is 1.49. The Morgan fingerprint density at radius 2 is 2.00 bits per heavy atom. The Morgan fingerprint density at radius 1 is 1.24 bits per heavy atom. The van der Waals surface area contributed by atoms with Gasteiger partial charge in [-0.2, -0.15) is 4.98 Å². The molecule has 0 unspecified atom stereocenters. The molecule has 0 radical (unpaired) electrons. The highest BCUT2D eigenvalue weighted by atomic mass is 35.5. The normalized spacial score (nSPS) is 23.7. The number of rotatable bonds is 5. The number of hydrogen-bond donors (Lipinski definition) is 1. The molecule has 29 heavy (non-hydrogen) atoms. The number of anilines is 2. The first-order valence-electron chi connectivity index (χ1n) is 9.85. The molecule has 7 nitrogen and oxygen atoms in total. The molecule has 2 fully saturated rings. The SMILES string of the molecule is CN(C)C[C@@]12CN(C(=O)Cc3ccc(Cl)cc3)C[C@@H]1CN(c1nccc(N)n1)C2. The Kier molecular flexibility index (Phi) is 5.36. The zero-order valence-corrected chi connectivity index (χ0v) is 17.6. The first-order chi connectivity index (χ1) is 13.8. The number of nitrogen functional groups attached to an aromatic ring is 1. The van der Waals surface area contributed by atoms with Gasteiger partial charge < -0.3 is 20.4 Å². The van der Waals surface area contributed by atoms with Crippen molar-refractivity contribution >= 4 is 29.3 Å². The second-order valence-corrected chi connectivity index (χ2v) is 8.97. The lowest BCUT2D eigenvalue weighted by Crippen LogP contribution is -2.43. The van der Waals surface area contributed by atoms with Crippen LogP contribution in [-0.4, -0.2) is 72.5 Å². The van der Waals surface area contributed by atoms with Gasteiger partial charge >= 0.3 is 0 Å². The predicted molar refractivity (Wildman–Crippen MR) is 115 cm³/mol. The molecule has 154 valence electrons. The molecular weight excluding hydrogens is 388 g/mol. The monoisotopic (exact) mass is 414 g/mol. The average molecular weight is 415 g/mol. The summed E-state index contributed by atoms with van der Waals surface area (Å²) >= 11 is 5.96. The molecule has 8 heteroatoms. The molecule has 0 saturated carbocycles. The first-order valence-corrected chi connectivity index (χ1v) is 10.2. The van der Waals surface area contributed by atoms with Crippen molar-refractivity contribution in [2.75, 3.05) is 57.5 Å². The van der Waals surface area contributed by atoms with E-state index in [1.807, 2.05) is 29.2 Å². The van der Waals surface area contributed by atoms with E-state index < -0.39 is 0 Å². The summed E-state index contributed by atoms with van der Waals surface area (Å²) < 4.78 is 0. The number of likely N-dealkylation sites (tertiary alicyclic amines) is 1. The number of fused-ring (bicyclic) bond motifs is 1. The lowest BCUT2D eigenvalue weighted by atomic mass is 9.80. The van der Waals surface area contributed by atoms with Crippen molar-refractivity contribution in [2.24, 2.45) is 11.3 Å². The molecule has 2 aliphatic rings. The average Bonchev–Trinajstić information content (AvgIpc) is 3.17. The Hall–Kier alpha value is -2.38. The van der Waals surface area contributed by atoms with Crippen molar-refractivity contribution in [1.29, 1.82) is 0 Å². The third-order valence-corrected chi connectivity index (χ3v) is 6.21. The summed E-state index contributed by atoms with van der Waals surface area (Å²) in [5.74, 6) is 1.71. The fourth-order valence-electron chi connectivity index (χ4n) is 4.78. The number of hydrogen-bond acceptors (Lipinski definition) is 6. The number of halogens is 1. The van der Waals surface area contributed by atoms with E-state index >= 15 is 0 Å². The summed E-state index contributed by atoms with van der Waals surface area (Å²) in [6.07, 6.45) is 2.11. The highest BCUT2D eigenvalue weighted by Crippen LogP contribution is 2.44. The van der Waals surface area contributed by atoms with Crippen LogP contribution in [0.25, 0.3) is 0 Å². The highest BCUT2D eigenvalue weighted by molar-refractivity contribution is 6.30. The van der Waals surface area contributed by atoms with Crippen LogP contribution in [0.4, 0.5) is 11.8 Å². The van der Waals surface area contributed by atoms with E-state index in [4.69, 9.17) is 17.3 Å². The maximum Gasteiger partial charge on any atom is 0.227 e. The van der Waals surface area contributed by atoms with Crippen molar-refractivity contribution < 1.29 is 4.79 Å². The lowest BCUT2D eigenvalue weighted by molar-refractivity contribution is -0.129. The van der Waals surface area contributed by atoms with Crippen LogP contribution in [0.2, 0.25) is 5.02 Å². The summed E-state index contributed by atoms with van der Waals surface area (Å²) in [5.41, 5.74) is 6.85. The topological polar surface area (TPSA) is 78.6 Å². The Bertz CT molecular complexity index is 889. The minimum Gasteiger partial charge on any atom is -0.384 e. The van der Waals surface area contributed by atoms with Crippen LogP contribution in [0.3, 0.4) is 0 Å². The van der Waals surface area contributed by atoms with Crippen LogP contribution < -0.4 is 10.6 Å². The van der Waals surface area contributed by atoms with Gasteiger partial charge in [0.1, 0.15) is 5.82 Å². The molecule has 4 rings (SSSR count). The number of nitrogens with zero attached hydrogens (tertiary/aromatic N) is 5. The molecule has 2 atom stereocenters. The molecule has 1 aromatic carbocycles. The third kappa shape index (κ3) is 4.16. The van der Waals surface area contributed by atoms with E-state index in [9.17, 15) is 4.79 Å². The van der Waals surface area contributed by atoms with E-state index in [1.165, 1.54) is 0 Å². The van der Waals surface area contributed by atoms with Gasteiger partial charge in [0.25, 0.3) is 0 Å². The molecule has 0 spiro atoms. The zero-order valence-electron chi connectivity index (χ0n) is 16.9. The minimum atomic E-state index is 0.00706. The lowest BCUT2D eigenvalue weighted by Gasteiger charge is -2.32. The number of aromatic nitrogens is 2. The fourth-order valence-corrected chi connectivity index (χ4v) is 4.90. The third-order valence-electron chi connectivity index (χ3n) is 5.96. The summed E-state index contributed by atoms with van der Waals surface area (Å²) in [7, 11) is 4.17. The molecule has 2 aromatic rings. The summed E-state index contributed by atoms with van der Waals surface area (Å²) in [5, 5.41) is 0.686. The van der Waals surface area contributed by atoms with Crippen molar-refractivity contribution in [3.63, 3.8) is 0 Å². The van der Waals surface area contributed by atoms with E-state index in [0.717, 1.165) is 38.3 Å². The van der Waals surface area contributed by atoms with Gasteiger partial charge in [-0.15, -0.1) is 0 Å². The Labute approximate surface area is 176 Å². The van der Waals surface area contributed by atoms with Crippen LogP contribution in [0, 0.1) is 11.3 Å². The van der Waals surface area contributed by atoms with Crippen molar-refractivity contribution in [1.82, 2.24) is 19.8 Å². The number of carbonyl (C=O) groups excluding carboxylic acids is 1. The summed E-state index contributed by atoms with van der Waals surface area (Å²) in [6, 6.07) is 9.21. The van der Waals surface area contributed by atoms with E-state index in [-0.39, 0.29) is 11.3 Å². The van der Waals surface area contributed by atoms with Gasteiger partial charge in [0.05, 0.1) is 6.42 Å². The minimum absolute atomic E-state index is 0.00706. The zero-order chi connectivity index (χ0) is 20.6. The molecule has 1 aromatic heterocycles. The van der Waals surface area contributed by atoms with Gasteiger partial charge in [0.15, 0.2) is 0 Å². The highest BCUT2D eigenvalue weighted by Gasteiger charge is 2.54. The molecule has 2 aliphatic heterocycles. The van der Waals surface area contributed by atoms with Crippen LogP contribution >= 0.6 is 11.6 Å². The first kappa shape index (κ1) is 19.9.